The van der Waals surface area contributed by atoms with Crippen molar-refractivity contribution in [3.8, 4) is 0 Å². The number of esters is 1. The quantitative estimate of drug-likeness (QED) is 0.344. The van der Waals surface area contributed by atoms with E-state index in [2.05, 4.69) is 25.2 Å². The fourth-order valence-electron chi connectivity index (χ4n) is 4.94. The minimum absolute atomic E-state index is 0.0653. The molecule has 2 heterocycles. The van der Waals surface area contributed by atoms with Gasteiger partial charge in [0.2, 0.25) is 5.91 Å². The number of nitrogens with one attached hydrogen (secondary N) is 1. The number of benzene rings is 2. The van der Waals surface area contributed by atoms with Gasteiger partial charge in [0, 0.05) is 37.5 Å². The Kier molecular flexibility index (Phi) is 8.75. The average Bonchev–Trinajstić information content (AvgIpc) is 2.90. The van der Waals surface area contributed by atoms with Gasteiger partial charge in [0.15, 0.2) is 0 Å². The Balaban J connectivity index is 1.49. The van der Waals surface area contributed by atoms with Gasteiger partial charge in [-0.15, -0.1) is 0 Å². The number of thioether (sulfide) groups is 1. The summed E-state index contributed by atoms with van der Waals surface area (Å²) in [6.07, 6.45) is 2.67. The second-order valence-electron chi connectivity index (χ2n) is 9.83. The predicted molar refractivity (Wildman–Crippen MR) is 143 cm³/mol. The lowest BCUT2D eigenvalue weighted by atomic mass is 9.83. The monoisotopic (exact) mass is 508 g/mol. The molecule has 6 nitrogen and oxygen atoms in total. The summed E-state index contributed by atoms with van der Waals surface area (Å²) in [7, 11) is 0. The van der Waals surface area contributed by atoms with Crippen molar-refractivity contribution in [1.82, 2.24) is 10.2 Å². The van der Waals surface area contributed by atoms with Gasteiger partial charge in [-0.2, -0.15) is 0 Å². The highest BCUT2D eigenvalue weighted by Gasteiger charge is 2.43. The van der Waals surface area contributed by atoms with Crippen LogP contribution in [0.2, 0.25) is 0 Å². The number of piperazine rings is 1. The summed E-state index contributed by atoms with van der Waals surface area (Å²) in [6.45, 7) is 7.41. The molecule has 0 aromatic heterocycles. The Bertz CT molecular complexity index is 1100. The Morgan fingerprint density at radius 1 is 1.08 bits per heavy atom. The van der Waals surface area contributed by atoms with Crippen LogP contribution in [0.15, 0.2) is 70.2 Å². The van der Waals surface area contributed by atoms with Crippen LogP contribution in [0.4, 0.5) is 0 Å². The smallest absolute Gasteiger partial charge is 0.349 e. The fraction of sp³-hybridized carbons (Fsp3) is 0.448. The van der Waals surface area contributed by atoms with Crippen molar-refractivity contribution in [1.29, 1.82) is 0 Å². The van der Waals surface area contributed by atoms with Gasteiger partial charge in [-0.3, -0.25) is 4.79 Å². The highest BCUT2D eigenvalue weighted by molar-refractivity contribution is 8.04. The summed E-state index contributed by atoms with van der Waals surface area (Å²) >= 11 is 1.28. The highest BCUT2D eigenvalue weighted by Crippen LogP contribution is 2.46. The molecule has 2 aromatic carbocycles. The molecule has 1 amide bonds. The Morgan fingerprint density at radius 3 is 2.47 bits per heavy atom. The first kappa shape index (κ1) is 26.3. The fourth-order valence-corrected chi connectivity index (χ4v) is 6.04. The molecule has 2 aliphatic heterocycles. The van der Waals surface area contributed by atoms with Gasteiger partial charge in [0.25, 0.3) is 0 Å². The molecule has 0 aliphatic carbocycles. The number of nitrogens with zero attached hydrogens (tertiary/aromatic N) is 1. The van der Waals surface area contributed by atoms with Crippen molar-refractivity contribution in [2.75, 3.05) is 26.2 Å². The van der Waals surface area contributed by atoms with E-state index in [0.717, 1.165) is 42.2 Å². The second kappa shape index (κ2) is 12.0. The third kappa shape index (κ3) is 6.13. The third-order valence-electron chi connectivity index (χ3n) is 6.93. The number of ether oxygens (including phenoxy) is 1. The van der Waals surface area contributed by atoms with Crippen molar-refractivity contribution >= 4 is 23.6 Å². The number of rotatable bonds is 9. The zero-order valence-corrected chi connectivity index (χ0v) is 22.0. The zero-order chi connectivity index (χ0) is 25.5. The largest absolute Gasteiger partial charge is 0.511 e. The molecule has 2 aromatic rings. The number of cyclic esters (lactones) is 1. The SMILES string of the molecule is CC(C)c1ccccc1SC1=C(O)CC(CCCCC(=O)N2CCNCC2)(c2ccccc2)OC1=O. The van der Waals surface area contributed by atoms with Gasteiger partial charge in [-0.05, 0) is 42.4 Å². The third-order valence-corrected chi connectivity index (χ3v) is 8.13. The van der Waals surface area contributed by atoms with Crippen LogP contribution in [-0.4, -0.2) is 48.1 Å². The van der Waals surface area contributed by atoms with Crippen molar-refractivity contribution in [3.05, 3.63) is 76.4 Å². The Hall–Kier alpha value is -2.77. The number of hydrogen-bond donors (Lipinski definition) is 2. The van der Waals surface area contributed by atoms with E-state index in [9.17, 15) is 14.7 Å². The molecule has 1 unspecified atom stereocenters. The summed E-state index contributed by atoms with van der Waals surface area (Å²) in [6, 6.07) is 17.6. The normalized spacial score (nSPS) is 20.5. The van der Waals surface area contributed by atoms with Crippen molar-refractivity contribution in [3.63, 3.8) is 0 Å². The molecule has 7 heteroatoms. The predicted octanol–water partition coefficient (Wildman–Crippen LogP) is 5.51. The topological polar surface area (TPSA) is 78.9 Å². The Labute approximate surface area is 218 Å². The number of amides is 1. The van der Waals surface area contributed by atoms with Gasteiger partial charge in [-0.1, -0.05) is 74.1 Å². The van der Waals surface area contributed by atoms with E-state index in [0.29, 0.717) is 31.6 Å². The van der Waals surface area contributed by atoms with Crippen LogP contribution >= 0.6 is 11.8 Å². The maximum absolute atomic E-state index is 13.3. The molecule has 0 saturated carbocycles. The van der Waals surface area contributed by atoms with E-state index in [4.69, 9.17) is 4.74 Å². The van der Waals surface area contributed by atoms with Gasteiger partial charge in [-0.25, -0.2) is 4.79 Å². The molecule has 0 radical (unpaired) electrons. The molecular formula is C29H36N2O4S. The van der Waals surface area contributed by atoms with E-state index >= 15 is 0 Å². The van der Waals surface area contributed by atoms with Crippen LogP contribution in [0.3, 0.4) is 0 Å². The average molecular weight is 509 g/mol. The van der Waals surface area contributed by atoms with Crippen LogP contribution in [0.25, 0.3) is 0 Å². The van der Waals surface area contributed by atoms with Gasteiger partial charge in [0.05, 0.1) is 6.42 Å². The molecular weight excluding hydrogens is 472 g/mol. The van der Waals surface area contributed by atoms with Crippen LogP contribution < -0.4 is 5.32 Å². The second-order valence-corrected chi connectivity index (χ2v) is 10.9. The standard InChI is InChI=1S/C29H36N2O4S/c1-21(2)23-12-6-7-13-25(23)36-27-24(32)20-29(35-28(27)34,22-10-4-3-5-11-22)15-9-8-14-26(33)31-18-16-30-17-19-31/h3-7,10-13,21,30,32H,8-9,14-20H2,1-2H3. The van der Waals surface area contributed by atoms with Crippen molar-refractivity contribution < 1.29 is 19.4 Å². The van der Waals surface area contributed by atoms with Crippen LogP contribution in [0.1, 0.15) is 63.0 Å². The number of aliphatic hydroxyl groups excluding tert-OH is 1. The maximum Gasteiger partial charge on any atom is 0.349 e. The number of aliphatic hydroxyl groups is 1. The minimum atomic E-state index is -0.942. The summed E-state index contributed by atoms with van der Waals surface area (Å²) in [5.74, 6) is 0.0399. The molecule has 4 rings (SSSR count). The van der Waals surface area contributed by atoms with Gasteiger partial charge in [0.1, 0.15) is 16.3 Å². The van der Waals surface area contributed by atoms with Crippen LogP contribution in [0, 0.1) is 0 Å². The van der Waals surface area contributed by atoms with E-state index in [1.807, 2.05) is 53.4 Å². The first-order valence-corrected chi connectivity index (χ1v) is 13.7. The van der Waals surface area contributed by atoms with Crippen LogP contribution in [-0.2, 0) is 19.9 Å². The number of hydrogen-bond acceptors (Lipinski definition) is 6. The van der Waals surface area contributed by atoms with E-state index in [1.165, 1.54) is 11.8 Å². The minimum Gasteiger partial charge on any atom is -0.511 e. The highest BCUT2D eigenvalue weighted by atomic mass is 32.2. The molecule has 1 atom stereocenters. The zero-order valence-electron chi connectivity index (χ0n) is 21.2. The molecule has 0 bridgehead atoms. The van der Waals surface area contributed by atoms with E-state index in [-0.39, 0.29) is 23.0 Å². The number of carbonyl (C=O) groups excluding carboxylic acids is 2. The van der Waals surface area contributed by atoms with Crippen molar-refractivity contribution in [2.24, 2.45) is 0 Å². The summed E-state index contributed by atoms with van der Waals surface area (Å²) in [5, 5.41) is 14.4. The lowest BCUT2D eigenvalue weighted by Crippen LogP contribution is -2.46. The summed E-state index contributed by atoms with van der Waals surface area (Å²) in [4.78, 5) is 29.0. The molecule has 0 spiro atoms. The molecule has 2 N–H and O–H groups in total. The molecule has 192 valence electrons. The number of unbranched alkanes of at least 4 members (excludes halogenated alkanes) is 1. The van der Waals surface area contributed by atoms with Gasteiger partial charge >= 0.3 is 5.97 Å². The number of carbonyl (C=O) groups is 2. The summed E-state index contributed by atoms with van der Waals surface area (Å²) in [5.41, 5.74) is 1.05. The summed E-state index contributed by atoms with van der Waals surface area (Å²) < 4.78 is 6.16. The van der Waals surface area contributed by atoms with E-state index in [1.54, 1.807) is 0 Å². The van der Waals surface area contributed by atoms with Crippen LogP contribution in [0.5, 0.6) is 0 Å². The first-order chi connectivity index (χ1) is 17.4. The maximum atomic E-state index is 13.3. The molecule has 1 fully saturated rings. The van der Waals surface area contributed by atoms with E-state index < -0.39 is 11.6 Å². The molecule has 1 saturated heterocycles. The lowest BCUT2D eigenvalue weighted by molar-refractivity contribution is -0.160. The first-order valence-electron chi connectivity index (χ1n) is 12.9. The lowest BCUT2D eigenvalue weighted by Gasteiger charge is -2.37. The Morgan fingerprint density at radius 2 is 1.78 bits per heavy atom. The molecule has 2 aliphatic rings. The molecule has 36 heavy (non-hydrogen) atoms. The van der Waals surface area contributed by atoms with Crippen molar-refractivity contribution in [2.45, 2.75) is 62.4 Å². The van der Waals surface area contributed by atoms with Gasteiger partial charge < -0.3 is 20.1 Å².